The van der Waals surface area contributed by atoms with Crippen LogP contribution in [0.1, 0.15) is 6.92 Å². The first-order chi connectivity index (χ1) is 9.22. The van der Waals surface area contributed by atoms with Gasteiger partial charge in [0.05, 0.1) is 11.6 Å². The summed E-state index contributed by atoms with van der Waals surface area (Å²) in [5.41, 5.74) is -0.203. The Bertz CT molecular complexity index is 516. The van der Waals surface area contributed by atoms with Crippen LogP contribution < -0.4 is 5.32 Å². The number of aliphatic carboxylic acids is 1. The van der Waals surface area contributed by atoms with Crippen molar-refractivity contribution in [1.82, 2.24) is 4.90 Å². The lowest BCUT2D eigenvalue weighted by atomic mass is 10.2. The second-order valence-corrected chi connectivity index (χ2v) is 5.15. The van der Waals surface area contributed by atoms with Crippen molar-refractivity contribution in [3.63, 3.8) is 0 Å². The molecule has 0 radical (unpaired) electrons. The highest BCUT2D eigenvalue weighted by Crippen LogP contribution is 2.27. The van der Waals surface area contributed by atoms with Gasteiger partial charge in [-0.15, -0.1) is 0 Å². The van der Waals surface area contributed by atoms with E-state index < -0.39 is 29.6 Å². The molecule has 0 aliphatic rings. The molecule has 0 aromatic heterocycles. The largest absolute Gasteiger partial charge is 0.481 e. The molecule has 0 heterocycles. The first-order valence-electron chi connectivity index (χ1n) is 5.61. The van der Waals surface area contributed by atoms with Gasteiger partial charge in [-0.3, -0.25) is 4.79 Å². The van der Waals surface area contributed by atoms with Gasteiger partial charge in [0.15, 0.2) is 5.82 Å². The van der Waals surface area contributed by atoms with E-state index in [1.54, 1.807) is 0 Å². The van der Waals surface area contributed by atoms with Gasteiger partial charge in [-0.25, -0.2) is 13.6 Å². The number of amides is 2. The monoisotopic (exact) mass is 350 g/mol. The summed E-state index contributed by atoms with van der Waals surface area (Å²) in [6.07, 6.45) is 0. The van der Waals surface area contributed by atoms with Crippen LogP contribution in [0.25, 0.3) is 0 Å². The minimum Gasteiger partial charge on any atom is -0.481 e. The standard InChI is InChI=1S/C12H13BrF2N2O3/c1-6(11(18)19)5-17(2)12(20)16-10-8(13)3-7(14)4-9(10)15/h3-4,6H,5H2,1-2H3,(H,16,20)(H,18,19). The smallest absolute Gasteiger partial charge is 0.321 e. The lowest BCUT2D eigenvalue weighted by Gasteiger charge is -2.20. The predicted molar refractivity (Wildman–Crippen MR) is 72.5 cm³/mol. The molecule has 0 fully saturated rings. The van der Waals surface area contributed by atoms with E-state index in [0.717, 1.165) is 11.0 Å². The summed E-state index contributed by atoms with van der Waals surface area (Å²) in [7, 11) is 1.38. The number of nitrogens with zero attached hydrogens (tertiary/aromatic N) is 1. The predicted octanol–water partition coefficient (Wildman–Crippen LogP) is 2.91. The Morgan fingerprint density at radius 2 is 2.05 bits per heavy atom. The van der Waals surface area contributed by atoms with E-state index in [4.69, 9.17) is 5.11 Å². The van der Waals surface area contributed by atoms with Crippen molar-refractivity contribution in [2.75, 3.05) is 18.9 Å². The summed E-state index contributed by atoms with van der Waals surface area (Å²) >= 11 is 2.94. The van der Waals surface area contributed by atoms with Crippen molar-refractivity contribution in [2.45, 2.75) is 6.92 Å². The number of nitrogens with one attached hydrogen (secondary N) is 1. The topological polar surface area (TPSA) is 69.6 Å². The molecular formula is C12H13BrF2N2O3. The van der Waals surface area contributed by atoms with E-state index in [1.807, 2.05) is 0 Å². The van der Waals surface area contributed by atoms with Gasteiger partial charge in [0, 0.05) is 24.1 Å². The van der Waals surface area contributed by atoms with E-state index in [9.17, 15) is 18.4 Å². The quantitative estimate of drug-likeness (QED) is 0.876. The molecule has 0 saturated carbocycles. The number of anilines is 1. The Morgan fingerprint density at radius 1 is 1.45 bits per heavy atom. The number of urea groups is 1. The minimum absolute atomic E-state index is 0.0401. The van der Waals surface area contributed by atoms with Crippen molar-refractivity contribution >= 4 is 33.6 Å². The highest BCUT2D eigenvalue weighted by molar-refractivity contribution is 9.10. The molecule has 20 heavy (non-hydrogen) atoms. The molecule has 1 rings (SSSR count). The molecule has 2 N–H and O–H groups in total. The van der Waals surface area contributed by atoms with Crippen LogP contribution >= 0.6 is 15.9 Å². The number of rotatable bonds is 4. The van der Waals surface area contributed by atoms with Gasteiger partial charge in [-0.2, -0.15) is 0 Å². The van der Waals surface area contributed by atoms with Crippen LogP contribution in [0.2, 0.25) is 0 Å². The van der Waals surface area contributed by atoms with Crippen molar-refractivity contribution < 1.29 is 23.5 Å². The van der Waals surface area contributed by atoms with Gasteiger partial charge in [-0.1, -0.05) is 6.92 Å². The van der Waals surface area contributed by atoms with E-state index in [1.165, 1.54) is 14.0 Å². The lowest BCUT2D eigenvalue weighted by Crippen LogP contribution is -2.36. The van der Waals surface area contributed by atoms with Gasteiger partial charge >= 0.3 is 12.0 Å². The highest BCUT2D eigenvalue weighted by atomic mass is 79.9. The van der Waals surface area contributed by atoms with E-state index in [2.05, 4.69) is 21.2 Å². The molecule has 5 nitrogen and oxygen atoms in total. The maximum absolute atomic E-state index is 13.5. The minimum atomic E-state index is -1.04. The number of benzene rings is 1. The summed E-state index contributed by atoms with van der Waals surface area (Å²) < 4.78 is 26.5. The molecule has 1 unspecified atom stereocenters. The van der Waals surface area contributed by atoms with Crippen molar-refractivity contribution in [2.24, 2.45) is 5.92 Å². The molecule has 0 aliphatic carbocycles. The zero-order valence-electron chi connectivity index (χ0n) is 10.8. The van der Waals surface area contributed by atoms with Gasteiger partial charge in [0.2, 0.25) is 0 Å². The third-order valence-electron chi connectivity index (χ3n) is 2.55. The third kappa shape index (κ3) is 4.16. The maximum atomic E-state index is 13.5. The summed E-state index contributed by atoms with van der Waals surface area (Å²) in [6, 6.07) is 0.961. The van der Waals surface area contributed by atoms with Gasteiger partial charge in [0.25, 0.3) is 0 Å². The van der Waals surface area contributed by atoms with Crippen molar-refractivity contribution in [3.05, 3.63) is 28.2 Å². The van der Waals surface area contributed by atoms with Gasteiger partial charge in [0.1, 0.15) is 5.82 Å². The molecule has 0 bridgehead atoms. The summed E-state index contributed by atoms with van der Waals surface area (Å²) in [5, 5.41) is 11.0. The number of halogens is 3. The van der Waals surface area contributed by atoms with Crippen LogP contribution in [-0.2, 0) is 4.79 Å². The van der Waals surface area contributed by atoms with Crippen LogP contribution in [0.3, 0.4) is 0 Å². The molecule has 8 heteroatoms. The number of hydrogen-bond donors (Lipinski definition) is 2. The molecular weight excluding hydrogens is 338 g/mol. The summed E-state index contributed by atoms with van der Waals surface area (Å²) in [5.74, 6) is -3.50. The molecule has 0 saturated heterocycles. The number of carbonyl (C=O) groups excluding carboxylic acids is 1. The van der Waals surface area contributed by atoms with Crippen LogP contribution in [0, 0.1) is 17.6 Å². The first-order valence-corrected chi connectivity index (χ1v) is 6.41. The zero-order valence-corrected chi connectivity index (χ0v) is 12.4. The van der Waals surface area contributed by atoms with Crippen LogP contribution in [-0.4, -0.2) is 35.6 Å². The highest BCUT2D eigenvalue weighted by Gasteiger charge is 2.19. The van der Waals surface area contributed by atoms with E-state index in [0.29, 0.717) is 6.07 Å². The molecule has 1 atom stereocenters. The Labute approximate surface area is 122 Å². The normalized spacial score (nSPS) is 11.8. The summed E-state index contributed by atoms with van der Waals surface area (Å²) in [4.78, 5) is 23.6. The van der Waals surface area contributed by atoms with Crippen LogP contribution in [0.5, 0.6) is 0 Å². The molecule has 0 aliphatic heterocycles. The number of carboxylic acids is 1. The SMILES string of the molecule is CC(CN(C)C(=O)Nc1c(F)cc(F)cc1Br)C(=O)O. The Hall–Kier alpha value is -1.70. The maximum Gasteiger partial charge on any atom is 0.321 e. The average Bonchev–Trinajstić information content (AvgIpc) is 2.32. The van der Waals surface area contributed by atoms with Gasteiger partial charge < -0.3 is 15.3 Å². The van der Waals surface area contributed by atoms with Crippen molar-refractivity contribution in [3.8, 4) is 0 Å². The molecule has 1 aromatic rings. The third-order valence-corrected chi connectivity index (χ3v) is 3.18. The van der Waals surface area contributed by atoms with Gasteiger partial charge in [-0.05, 0) is 22.0 Å². The average molecular weight is 351 g/mol. The van der Waals surface area contributed by atoms with Crippen molar-refractivity contribution in [1.29, 1.82) is 0 Å². The van der Waals surface area contributed by atoms with Crippen LogP contribution in [0.4, 0.5) is 19.3 Å². The first kappa shape index (κ1) is 16.4. The fraction of sp³-hybridized carbons (Fsp3) is 0.333. The number of carbonyl (C=O) groups is 2. The molecule has 0 spiro atoms. The Balaban J connectivity index is 2.78. The molecule has 2 amide bonds. The zero-order chi connectivity index (χ0) is 15.4. The molecule has 1 aromatic carbocycles. The summed E-state index contributed by atoms with van der Waals surface area (Å²) in [6.45, 7) is 1.40. The second-order valence-electron chi connectivity index (χ2n) is 4.29. The van der Waals surface area contributed by atoms with E-state index in [-0.39, 0.29) is 16.7 Å². The second kappa shape index (κ2) is 6.65. The fourth-order valence-electron chi connectivity index (χ4n) is 1.44. The van der Waals surface area contributed by atoms with E-state index >= 15 is 0 Å². The Kier molecular flexibility index (Phi) is 5.43. The fourth-order valence-corrected chi connectivity index (χ4v) is 1.94. The Morgan fingerprint density at radius 3 is 2.55 bits per heavy atom. The number of carboxylic acid groups (broad SMARTS) is 1. The molecule has 110 valence electrons. The van der Waals surface area contributed by atoms with Crippen LogP contribution in [0.15, 0.2) is 16.6 Å². The lowest BCUT2D eigenvalue weighted by molar-refractivity contribution is -0.141. The number of hydrogen-bond acceptors (Lipinski definition) is 2.